The quantitative estimate of drug-likeness (QED) is 0.547. The maximum Gasteiger partial charge on any atom is 0.254 e. The predicted molar refractivity (Wildman–Crippen MR) is 114 cm³/mol. The Kier molecular flexibility index (Phi) is 5.18. The van der Waals surface area contributed by atoms with Crippen molar-refractivity contribution < 1.29 is 9.59 Å². The Balaban J connectivity index is 1.80. The van der Waals surface area contributed by atoms with Crippen molar-refractivity contribution in [2.24, 2.45) is 11.7 Å². The van der Waals surface area contributed by atoms with E-state index in [1.54, 1.807) is 0 Å². The van der Waals surface area contributed by atoms with Gasteiger partial charge >= 0.3 is 0 Å². The van der Waals surface area contributed by atoms with E-state index in [0.717, 1.165) is 23.5 Å². The van der Waals surface area contributed by atoms with E-state index in [0.29, 0.717) is 18.5 Å². The largest absolute Gasteiger partial charge is 0.371 e. The zero-order valence-corrected chi connectivity index (χ0v) is 16.0. The summed E-state index contributed by atoms with van der Waals surface area (Å²) < 4.78 is 0. The number of carbonyl (C=O) groups excluding carboxylic acids is 2. The fourth-order valence-electron chi connectivity index (χ4n) is 3.89. The number of rotatable bonds is 7. The maximum atomic E-state index is 12.4. The molecule has 6 heteroatoms. The summed E-state index contributed by atoms with van der Waals surface area (Å²) in [5.74, 6) is -1.21. The van der Waals surface area contributed by atoms with Crippen LogP contribution < -0.4 is 21.7 Å². The molecule has 2 aromatic rings. The van der Waals surface area contributed by atoms with Crippen LogP contribution in [0, 0.1) is 5.92 Å². The standard InChI is InChI=1S/C23H24N4O2/c24-13-7-12-23(27-17-10-5-2-6-11-17)15-19-18(21(28)26-22(19)29)14-20(23)25-16-8-3-1-4-9-16/h1-6,8-11,14-15,18,25,27H,7,12-13,24H2,(H,26,28,29). The lowest BCUT2D eigenvalue weighted by Gasteiger charge is -2.39. The number of para-hydroxylation sites is 2. The molecule has 6 nitrogen and oxygen atoms in total. The third kappa shape index (κ3) is 3.79. The number of anilines is 2. The van der Waals surface area contributed by atoms with E-state index in [-0.39, 0.29) is 11.8 Å². The third-order valence-electron chi connectivity index (χ3n) is 5.30. The minimum absolute atomic E-state index is 0.291. The van der Waals surface area contributed by atoms with E-state index in [9.17, 15) is 9.59 Å². The number of amides is 2. The molecule has 5 N–H and O–H groups in total. The summed E-state index contributed by atoms with van der Waals surface area (Å²) in [6, 6.07) is 19.6. The molecule has 1 heterocycles. The van der Waals surface area contributed by atoms with Gasteiger partial charge in [-0.15, -0.1) is 0 Å². The van der Waals surface area contributed by atoms with Gasteiger partial charge in [-0.2, -0.15) is 0 Å². The molecule has 0 bridgehead atoms. The molecular formula is C23H24N4O2. The zero-order chi connectivity index (χ0) is 20.3. The minimum Gasteiger partial charge on any atom is -0.371 e. The Morgan fingerprint density at radius 1 is 0.966 bits per heavy atom. The van der Waals surface area contributed by atoms with Crippen molar-refractivity contribution in [1.29, 1.82) is 0 Å². The van der Waals surface area contributed by atoms with Gasteiger partial charge in [0.15, 0.2) is 0 Å². The second-order valence-electron chi connectivity index (χ2n) is 7.32. The van der Waals surface area contributed by atoms with E-state index < -0.39 is 11.5 Å². The predicted octanol–water partition coefficient (Wildman–Crippen LogP) is 2.78. The number of fused-ring (bicyclic) bond motifs is 1. The van der Waals surface area contributed by atoms with E-state index in [1.807, 2.05) is 72.8 Å². The maximum absolute atomic E-state index is 12.4. The fourth-order valence-corrected chi connectivity index (χ4v) is 3.89. The van der Waals surface area contributed by atoms with E-state index in [1.165, 1.54) is 0 Å². The van der Waals surface area contributed by atoms with E-state index in [2.05, 4.69) is 16.0 Å². The molecule has 2 atom stereocenters. The SMILES string of the molecule is NCCCC1(Nc2ccccc2)C=C2C(=O)NC(=O)C2C=C1Nc1ccccc1. The van der Waals surface area contributed by atoms with Gasteiger partial charge in [0.25, 0.3) is 5.91 Å². The van der Waals surface area contributed by atoms with Crippen LogP contribution in [0.25, 0.3) is 0 Å². The van der Waals surface area contributed by atoms with Crippen molar-refractivity contribution in [3.05, 3.63) is 84.1 Å². The molecule has 29 heavy (non-hydrogen) atoms. The number of benzene rings is 2. The summed E-state index contributed by atoms with van der Waals surface area (Å²) in [6.45, 7) is 0.522. The summed E-state index contributed by atoms with van der Waals surface area (Å²) in [5, 5.41) is 9.49. The van der Waals surface area contributed by atoms with Gasteiger partial charge in [0.05, 0.1) is 11.5 Å². The summed E-state index contributed by atoms with van der Waals surface area (Å²) in [5.41, 5.74) is 8.28. The summed E-state index contributed by atoms with van der Waals surface area (Å²) in [6.07, 6.45) is 5.17. The fraction of sp³-hybridized carbons (Fsp3) is 0.217. The van der Waals surface area contributed by atoms with Crippen molar-refractivity contribution in [3.8, 4) is 0 Å². The molecule has 1 fully saturated rings. The second-order valence-corrected chi connectivity index (χ2v) is 7.32. The van der Waals surface area contributed by atoms with Gasteiger partial charge < -0.3 is 16.4 Å². The van der Waals surface area contributed by atoms with Crippen LogP contribution in [0.1, 0.15) is 12.8 Å². The van der Waals surface area contributed by atoms with Gasteiger partial charge in [-0.1, -0.05) is 36.4 Å². The van der Waals surface area contributed by atoms with Crippen molar-refractivity contribution >= 4 is 23.2 Å². The van der Waals surface area contributed by atoms with Crippen molar-refractivity contribution in [2.75, 3.05) is 17.2 Å². The highest BCUT2D eigenvalue weighted by Crippen LogP contribution is 2.39. The molecule has 1 aliphatic carbocycles. The number of hydrogen-bond donors (Lipinski definition) is 4. The van der Waals surface area contributed by atoms with E-state index >= 15 is 0 Å². The van der Waals surface area contributed by atoms with Gasteiger partial charge in [-0.05, 0) is 55.8 Å². The Morgan fingerprint density at radius 3 is 2.28 bits per heavy atom. The summed E-state index contributed by atoms with van der Waals surface area (Å²) >= 11 is 0. The van der Waals surface area contributed by atoms with Crippen LogP contribution in [-0.2, 0) is 9.59 Å². The molecule has 148 valence electrons. The lowest BCUT2D eigenvalue weighted by Crippen LogP contribution is -2.44. The van der Waals surface area contributed by atoms with Crippen LogP contribution >= 0.6 is 0 Å². The molecule has 2 aliphatic rings. The highest BCUT2D eigenvalue weighted by atomic mass is 16.2. The molecule has 0 aromatic heterocycles. The van der Waals surface area contributed by atoms with Crippen molar-refractivity contribution in [3.63, 3.8) is 0 Å². The van der Waals surface area contributed by atoms with Gasteiger partial charge in [0, 0.05) is 22.6 Å². The number of nitrogens with one attached hydrogen (secondary N) is 3. The van der Waals surface area contributed by atoms with Gasteiger partial charge in [0.1, 0.15) is 0 Å². The van der Waals surface area contributed by atoms with Crippen molar-refractivity contribution in [2.45, 2.75) is 18.4 Å². The highest BCUT2D eigenvalue weighted by Gasteiger charge is 2.45. The molecule has 1 saturated heterocycles. The highest BCUT2D eigenvalue weighted by molar-refractivity contribution is 6.16. The Hall–Kier alpha value is -3.38. The Labute approximate surface area is 169 Å². The molecule has 2 aromatic carbocycles. The molecule has 4 rings (SSSR count). The molecule has 2 unspecified atom stereocenters. The first-order chi connectivity index (χ1) is 14.1. The normalized spacial score (nSPS) is 23.0. The van der Waals surface area contributed by atoms with Crippen LogP contribution in [0.4, 0.5) is 11.4 Å². The van der Waals surface area contributed by atoms with E-state index in [4.69, 9.17) is 5.73 Å². The number of hydrogen-bond acceptors (Lipinski definition) is 5. The molecular weight excluding hydrogens is 364 g/mol. The second kappa shape index (κ2) is 7.93. The zero-order valence-electron chi connectivity index (χ0n) is 16.0. The monoisotopic (exact) mass is 388 g/mol. The number of carbonyl (C=O) groups is 2. The first-order valence-electron chi connectivity index (χ1n) is 9.77. The number of nitrogens with two attached hydrogens (primary N) is 1. The molecule has 0 saturated carbocycles. The summed E-state index contributed by atoms with van der Waals surface area (Å²) in [4.78, 5) is 24.7. The van der Waals surface area contributed by atoms with Crippen LogP contribution in [0.3, 0.4) is 0 Å². The Bertz CT molecular complexity index is 969. The Morgan fingerprint density at radius 2 is 1.62 bits per heavy atom. The lowest BCUT2D eigenvalue weighted by atomic mass is 9.78. The number of imide groups is 1. The minimum atomic E-state index is -0.690. The summed E-state index contributed by atoms with van der Waals surface area (Å²) in [7, 11) is 0. The van der Waals surface area contributed by atoms with Gasteiger partial charge in [-0.3, -0.25) is 14.9 Å². The average molecular weight is 388 g/mol. The smallest absolute Gasteiger partial charge is 0.254 e. The molecule has 0 radical (unpaired) electrons. The van der Waals surface area contributed by atoms with Gasteiger partial charge in [-0.25, -0.2) is 0 Å². The molecule has 0 spiro atoms. The van der Waals surface area contributed by atoms with Crippen molar-refractivity contribution in [1.82, 2.24) is 5.32 Å². The van der Waals surface area contributed by atoms with Crippen LogP contribution in [0.2, 0.25) is 0 Å². The van der Waals surface area contributed by atoms with Crippen LogP contribution in [0.15, 0.2) is 84.1 Å². The topological polar surface area (TPSA) is 96.2 Å². The van der Waals surface area contributed by atoms with Crippen LogP contribution in [-0.4, -0.2) is 23.9 Å². The third-order valence-corrected chi connectivity index (χ3v) is 5.30. The first-order valence-corrected chi connectivity index (χ1v) is 9.77. The van der Waals surface area contributed by atoms with Crippen LogP contribution in [0.5, 0.6) is 0 Å². The lowest BCUT2D eigenvalue weighted by molar-refractivity contribution is -0.125. The molecule has 1 aliphatic heterocycles. The molecule has 2 amide bonds. The average Bonchev–Trinajstić information content (AvgIpc) is 3.01. The first kappa shape index (κ1) is 19.0. The van der Waals surface area contributed by atoms with Gasteiger partial charge in [0.2, 0.25) is 5.91 Å².